The van der Waals surface area contributed by atoms with E-state index in [1.54, 1.807) is 0 Å². The molecule has 0 saturated heterocycles. The number of aromatic nitrogens is 1. The second kappa shape index (κ2) is 5.26. The van der Waals surface area contributed by atoms with Crippen molar-refractivity contribution in [1.82, 2.24) is 9.88 Å². The van der Waals surface area contributed by atoms with Crippen molar-refractivity contribution in [3.63, 3.8) is 0 Å². The Hall–Kier alpha value is -1.86. The summed E-state index contributed by atoms with van der Waals surface area (Å²) in [5.74, 6) is 0. The highest BCUT2D eigenvalue weighted by molar-refractivity contribution is 5.72. The highest BCUT2D eigenvalue weighted by Crippen LogP contribution is 2.40. The predicted molar refractivity (Wildman–Crippen MR) is 77.1 cm³/mol. The van der Waals surface area contributed by atoms with E-state index in [1.165, 1.54) is 18.4 Å². The standard InChI is InChI=1S/C16H19N3O/c1-19(11-16(10-17)6-2-7-16)8-5-13-3-4-14-15(9-13)20-12-18-14/h3-4,9,12H,2,5-8,11H2,1H3. The van der Waals surface area contributed by atoms with Gasteiger partial charge in [-0.2, -0.15) is 5.26 Å². The lowest BCUT2D eigenvalue weighted by Crippen LogP contribution is -2.40. The summed E-state index contributed by atoms with van der Waals surface area (Å²) in [5.41, 5.74) is 2.92. The number of benzene rings is 1. The van der Waals surface area contributed by atoms with Crippen LogP contribution in [0.3, 0.4) is 0 Å². The van der Waals surface area contributed by atoms with E-state index < -0.39 is 0 Å². The van der Waals surface area contributed by atoms with Gasteiger partial charge in [0, 0.05) is 13.1 Å². The molecular weight excluding hydrogens is 250 g/mol. The van der Waals surface area contributed by atoms with Gasteiger partial charge in [0.15, 0.2) is 12.0 Å². The lowest BCUT2D eigenvalue weighted by atomic mass is 9.69. The maximum Gasteiger partial charge on any atom is 0.181 e. The Kier molecular flexibility index (Phi) is 3.45. The van der Waals surface area contributed by atoms with E-state index in [1.807, 2.05) is 6.07 Å². The van der Waals surface area contributed by atoms with Gasteiger partial charge in [0.05, 0.1) is 11.5 Å². The molecule has 1 fully saturated rings. The molecule has 1 aromatic heterocycles. The van der Waals surface area contributed by atoms with E-state index in [9.17, 15) is 5.26 Å². The molecule has 20 heavy (non-hydrogen) atoms. The molecule has 1 aliphatic carbocycles. The van der Waals surface area contributed by atoms with Crippen LogP contribution in [0.2, 0.25) is 0 Å². The van der Waals surface area contributed by atoms with Crippen LogP contribution in [0.5, 0.6) is 0 Å². The molecule has 0 unspecified atom stereocenters. The SMILES string of the molecule is CN(CCc1ccc2ncoc2c1)CC1(C#N)CCC1. The smallest absolute Gasteiger partial charge is 0.181 e. The average Bonchev–Trinajstić information content (AvgIpc) is 2.88. The molecule has 0 radical (unpaired) electrons. The van der Waals surface area contributed by atoms with Crippen molar-refractivity contribution in [2.24, 2.45) is 5.41 Å². The van der Waals surface area contributed by atoms with Gasteiger partial charge in [0.1, 0.15) is 5.52 Å². The molecular formula is C16H19N3O. The fourth-order valence-corrected chi connectivity index (χ4v) is 2.88. The van der Waals surface area contributed by atoms with Crippen molar-refractivity contribution in [1.29, 1.82) is 5.26 Å². The Balaban J connectivity index is 1.57. The molecule has 0 spiro atoms. The molecule has 4 nitrogen and oxygen atoms in total. The van der Waals surface area contributed by atoms with Crippen molar-refractivity contribution < 1.29 is 4.42 Å². The zero-order valence-electron chi connectivity index (χ0n) is 11.8. The summed E-state index contributed by atoms with van der Waals surface area (Å²) in [7, 11) is 2.10. The van der Waals surface area contributed by atoms with Gasteiger partial charge in [-0.05, 0) is 44.0 Å². The molecule has 0 N–H and O–H groups in total. The first-order chi connectivity index (χ1) is 9.71. The van der Waals surface area contributed by atoms with Crippen molar-refractivity contribution >= 4 is 11.1 Å². The first-order valence-electron chi connectivity index (χ1n) is 7.13. The number of nitriles is 1. The summed E-state index contributed by atoms with van der Waals surface area (Å²) in [6, 6.07) is 8.65. The van der Waals surface area contributed by atoms with Crippen LogP contribution in [0.4, 0.5) is 0 Å². The van der Waals surface area contributed by atoms with Gasteiger partial charge >= 0.3 is 0 Å². The van der Waals surface area contributed by atoms with Gasteiger partial charge in [0.25, 0.3) is 0 Å². The molecule has 1 aromatic carbocycles. The Morgan fingerprint density at radius 3 is 3.00 bits per heavy atom. The Labute approximate surface area is 119 Å². The summed E-state index contributed by atoms with van der Waals surface area (Å²) < 4.78 is 5.32. The lowest BCUT2D eigenvalue weighted by molar-refractivity contribution is 0.139. The molecule has 1 heterocycles. The molecule has 0 bridgehead atoms. The number of fused-ring (bicyclic) bond motifs is 1. The zero-order chi connectivity index (χ0) is 14.0. The van der Waals surface area contributed by atoms with E-state index in [4.69, 9.17) is 4.42 Å². The largest absolute Gasteiger partial charge is 0.443 e. The van der Waals surface area contributed by atoms with E-state index in [-0.39, 0.29) is 5.41 Å². The first kappa shape index (κ1) is 13.1. The quantitative estimate of drug-likeness (QED) is 0.837. The number of likely N-dealkylation sites (N-methyl/N-ethyl adjacent to an activating group) is 1. The maximum absolute atomic E-state index is 9.27. The molecule has 0 aliphatic heterocycles. The van der Waals surface area contributed by atoms with Gasteiger partial charge in [-0.25, -0.2) is 4.98 Å². The third kappa shape index (κ3) is 2.54. The second-order valence-electron chi connectivity index (χ2n) is 5.89. The Bertz CT molecular complexity index is 636. The Morgan fingerprint density at radius 1 is 1.45 bits per heavy atom. The third-order valence-electron chi connectivity index (χ3n) is 4.30. The van der Waals surface area contributed by atoms with Crippen LogP contribution in [-0.2, 0) is 6.42 Å². The first-order valence-corrected chi connectivity index (χ1v) is 7.13. The van der Waals surface area contributed by atoms with Gasteiger partial charge in [-0.1, -0.05) is 12.5 Å². The van der Waals surface area contributed by atoms with E-state index in [2.05, 4.69) is 35.1 Å². The summed E-state index contributed by atoms with van der Waals surface area (Å²) in [6.45, 7) is 1.84. The molecule has 4 heteroatoms. The highest BCUT2D eigenvalue weighted by Gasteiger charge is 2.37. The number of rotatable bonds is 5. The van der Waals surface area contributed by atoms with Gasteiger partial charge in [0.2, 0.25) is 0 Å². The molecule has 3 rings (SSSR count). The van der Waals surface area contributed by atoms with Crippen molar-refractivity contribution in [3.05, 3.63) is 30.2 Å². The summed E-state index contributed by atoms with van der Waals surface area (Å²) in [5, 5.41) is 9.27. The highest BCUT2D eigenvalue weighted by atomic mass is 16.3. The molecule has 2 aromatic rings. The van der Waals surface area contributed by atoms with Crippen LogP contribution in [0.25, 0.3) is 11.1 Å². The van der Waals surface area contributed by atoms with Gasteiger partial charge in [-0.15, -0.1) is 0 Å². The minimum Gasteiger partial charge on any atom is -0.443 e. The second-order valence-corrected chi connectivity index (χ2v) is 5.89. The molecule has 0 amide bonds. The lowest BCUT2D eigenvalue weighted by Gasteiger charge is -2.38. The molecule has 104 valence electrons. The Morgan fingerprint density at radius 2 is 2.30 bits per heavy atom. The van der Waals surface area contributed by atoms with Gasteiger partial charge in [-0.3, -0.25) is 0 Å². The topological polar surface area (TPSA) is 53.1 Å². The number of hydrogen-bond donors (Lipinski definition) is 0. The zero-order valence-corrected chi connectivity index (χ0v) is 11.8. The predicted octanol–water partition coefficient (Wildman–Crippen LogP) is 3.00. The summed E-state index contributed by atoms with van der Waals surface area (Å²) >= 11 is 0. The van der Waals surface area contributed by atoms with Crippen LogP contribution >= 0.6 is 0 Å². The average molecular weight is 269 g/mol. The van der Waals surface area contributed by atoms with Crippen LogP contribution in [0, 0.1) is 16.7 Å². The van der Waals surface area contributed by atoms with Crippen molar-refractivity contribution in [2.45, 2.75) is 25.7 Å². The fourth-order valence-electron chi connectivity index (χ4n) is 2.88. The number of hydrogen-bond acceptors (Lipinski definition) is 4. The number of nitrogens with zero attached hydrogens (tertiary/aromatic N) is 3. The van der Waals surface area contributed by atoms with E-state index in [0.717, 1.165) is 43.5 Å². The van der Waals surface area contributed by atoms with E-state index >= 15 is 0 Å². The van der Waals surface area contributed by atoms with E-state index in [0.29, 0.717) is 0 Å². The molecule has 1 saturated carbocycles. The van der Waals surface area contributed by atoms with Crippen molar-refractivity contribution in [3.8, 4) is 6.07 Å². The van der Waals surface area contributed by atoms with Crippen LogP contribution < -0.4 is 0 Å². The van der Waals surface area contributed by atoms with Crippen LogP contribution in [-0.4, -0.2) is 30.0 Å². The number of oxazole rings is 1. The van der Waals surface area contributed by atoms with Crippen LogP contribution in [0.1, 0.15) is 24.8 Å². The monoisotopic (exact) mass is 269 g/mol. The summed E-state index contributed by atoms with van der Waals surface area (Å²) in [4.78, 5) is 6.39. The molecule has 0 atom stereocenters. The fraction of sp³-hybridized carbons (Fsp3) is 0.500. The van der Waals surface area contributed by atoms with Gasteiger partial charge < -0.3 is 9.32 Å². The van der Waals surface area contributed by atoms with Crippen molar-refractivity contribution in [2.75, 3.05) is 20.1 Å². The summed E-state index contributed by atoms with van der Waals surface area (Å²) in [6.07, 6.45) is 5.75. The third-order valence-corrected chi connectivity index (χ3v) is 4.30. The molecule has 1 aliphatic rings. The maximum atomic E-state index is 9.27. The van der Waals surface area contributed by atoms with Crippen LogP contribution in [0.15, 0.2) is 29.0 Å². The minimum atomic E-state index is -0.0797. The normalized spacial score (nSPS) is 17.1. The minimum absolute atomic E-state index is 0.0797.